The van der Waals surface area contributed by atoms with Gasteiger partial charge < -0.3 is 9.47 Å². The van der Waals surface area contributed by atoms with Crippen LogP contribution in [0.25, 0.3) is 0 Å². The zero-order valence-corrected chi connectivity index (χ0v) is 20.6. The highest BCUT2D eigenvalue weighted by Crippen LogP contribution is 2.50. The normalized spacial score (nSPS) is 19.5. The number of fused-ring (bicyclic) bond motifs is 3. The van der Waals surface area contributed by atoms with Crippen LogP contribution < -0.4 is 9.47 Å². The molecule has 0 radical (unpaired) electrons. The SMILES string of the molecule is COc1ccc(C2=NN3[C@H](C2)c2cc(Cl)cc(Cl)c2O[C@@H]3c2ccc(C(C)(C)C)cc2)cc1. The Balaban J connectivity index is 1.57. The molecule has 0 unspecified atom stereocenters. The molecule has 0 amide bonds. The molecule has 0 saturated carbocycles. The van der Waals surface area contributed by atoms with Crippen molar-refractivity contribution in [1.29, 1.82) is 0 Å². The largest absolute Gasteiger partial charge is 0.497 e. The second kappa shape index (κ2) is 8.27. The van der Waals surface area contributed by atoms with Crippen LogP contribution in [-0.4, -0.2) is 17.8 Å². The average molecular weight is 481 g/mol. The predicted octanol–water partition coefficient (Wildman–Crippen LogP) is 7.54. The number of rotatable bonds is 3. The molecule has 6 heteroatoms. The lowest BCUT2D eigenvalue weighted by Gasteiger charge is -2.38. The van der Waals surface area contributed by atoms with E-state index in [0.717, 1.165) is 34.6 Å². The Morgan fingerprint density at radius 1 is 1.00 bits per heavy atom. The van der Waals surface area contributed by atoms with Crippen molar-refractivity contribution in [3.63, 3.8) is 0 Å². The summed E-state index contributed by atoms with van der Waals surface area (Å²) in [5, 5.41) is 8.17. The third-order valence-electron chi connectivity index (χ3n) is 6.29. The van der Waals surface area contributed by atoms with Gasteiger partial charge in [-0.15, -0.1) is 0 Å². The van der Waals surface area contributed by atoms with Gasteiger partial charge in [-0.25, -0.2) is 5.01 Å². The highest BCUT2D eigenvalue weighted by molar-refractivity contribution is 6.35. The van der Waals surface area contributed by atoms with Crippen LogP contribution in [0.4, 0.5) is 0 Å². The molecule has 2 atom stereocenters. The molecule has 33 heavy (non-hydrogen) atoms. The molecular formula is C27H26Cl2N2O2. The Morgan fingerprint density at radius 3 is 2.33 bits per heavy atom. The van der Waals surface area contributed by atoms with Gasteiger partial charge in [0.2, 0.25) is 6.23 Å². The smallest absolute Gasteiger partial charge is 0.213 e. The summed E-state index contributed by atoms with van der Waals surface area (Å²) in [5.41, 5.74) is 5.39. The molecule has 0 bridgehead atoms. The molecule has 0 saturated heterocycles. The number of halogens is 2. The van der Waals surface area contributed by atoms with E-state index in [2.05, 4.69) is 45.0 Å². The third kappa shape index (κ3) is 4.07. The first-order chi connectivity index (χ1) is 15.7. The van der Waals surface area contributed by atoms with Crippen LogP contribution in [0.2, 0.25) is 10.0 Å². The zero-order valence-electron chi connectivity index (χ0n) is 19.1. The van der Waals surface area contributed by atoms with Crippen molar-refractivity contribution in [1.82, 2.24) is 5.01 Å². The quantitative estimate of drug-likeness (QED) is 0.388. The minimum Gasteiger partial charge on any atom is -0.497 e. The standard InChI is InChI=1S/C27H26Cl2N2O2/c1-27(2,3)18-9-5-17(6-10-18)26-31-24(21-13-19(28)14-22(29)25(21)33-26)15-23(30-31)16-7-11-20(32-4)12-8-16/h5-14,24,26H,15H2,1-4H3/t24-,26-/m1/s1. The number of hydrazone groups is 1. The lowest BCUT2D eigenvalue weighted by atomic mass is 9.86. The number of nitrogens with zero attached hydrogens (tertiary/aromatic N) is 2. The second-order valence-electron chi connectivity index (χ2n) is 9.52. The molecule has 0 N–H and O–H groups in total. The van der Waals surface area contributed by atoms with Gasteiger partial charge in [0, 0.05) is 22.6 Å². The maximum Gasteiger partial charge on any atom is 0.213 e. The fourth-order valence-electron chi connectivity index (χ4n) is 4.44. The van der Waals surface area contributed by atoms with Crippen LogP contribution >= 0.6 is 23.2 Å². The molecule has 3 aromatic rings. The van der Waals surface area contributed by atoms with Crippen LogP contribution in [0.5, 0.6) is 11.5 Å². The third-order valence-corrected chi connectivity index (χ3v) is 6.79. The highest BCUT2D eigenvalue weighted by atomic mass is 35.5. The lowest BCUT2D eigenvalue weighted by Crippen LogP contribution is -2.34. The summed E-state index contributed by atoms with van der Waals surface area (Å²) in [6.45, 7) is 6.63. The van der Waals surface area contributed by atoms with Gasteiger partial charge in [-0.1, -0.05) is 68.2 Å². The molecule has 4 nitrogen and oxygen atoms in total. The van der Waals surface area contributed by atoms with E-state index in [1.165, 1.54) is 5.56 Å². The molecule has 2 heterocycles. The van der Waals surface area contributed by atoms with Crippen molar-refractivity contribution in [2.24, 2.45) is 5.10 Å². The fourth-order valence-corrected chi connectivity index (χ4v) is 4.99. The van der Waals surface area contributed by atoms with E-state index in [-0.39, 0.29) is 17.7 Å². The number of methoxy groups -OCH3 is 1. The predicted molar refractivity (Wildman–Crippen MR) is 134 cm³/mol. The number of hydrogen-bond donors (Lipinski definition) is 0. The fraction of sp³-hybridized carbons (Fsp3) is 0.296. The Morgan fingerprint density at radius 2 is 1.70 bits per heavy atom. The average Bonchev–Trinajstić information content (AvgIpc) is 3.24. The van der Waals surface area contributed by atoms with Gasteiger partial charge in [0.15, 0.2) is 0 Å². The Kier molecular flexibility index (Phi) is 5.54. The maximum absolute atomic E-state index is 6.58. The van der Waals surface area contributed by atoms with Crippen LogP contribution in [-0.2, 0) is 5.41 Å². The van der Waals surface area contributed by atoms with Gasteiger partial charge in [0.05, 0.1) is 23.9 Å². The Hall–Kier alpha value is -2.69. The van der Waals surface area contributed by atoms with Gasteiger partial charge in [-0.05, 0) is 52.9 Å². The molecule has 170 valence electrons. The van der Waals surface area contributed by atoms with E-state index in [1.807, 2.05) is 35.3 Å². The molecule has 5 rings (SSSR count). The first-order valence-electron chi connectivity index (χ1n) is 11.0. The van der Waals surface area contributed by atoms with Crippen molar-refractivity contribution in [3.8, 4) is 11.5 Å². The summed E-state index contributed by atoms with van der Waals surface area (Å²) >= 11 is 12.9. The summed E-state index contributed by atoms with van der Waals surface area (Å²) in [6, 6.07) is 20.2. The van der Waals surface area contributed by atoms with Crippen LogP contribution in [0.15, 0.2) is 65.8 Å². The minimum absolute atomic E-state index is 0.0191. The number of ether oxygens (including phenoxy) is 2. The van der Waals surface area contributed by atoms with Crippen LogP contribution in [0.3, 0.4) is 0 Å². The van der Waals surface area contributed by atoms with E-state index in [4.69, 9.17) is 37.8 Å². The lowest BCUT2D eigenvalue weighted by molar-refractivity contribution is -0.0189. The number of benzene rings is 3. The topological polar surface area (TPSA) is 34.1 Å². The van der Waals surface area contributed by atoms with Crippen molar-refractivity contribution in [3.05, 3.63) is 93.0 Å². The first kappa shape index (κ1) is 22.1. The first-order valence-corrected chi connectivity index (χ1v) is 11.8. The van der Waals surface area contributed by atoms with E-state index < -0.39 is 0 Å². The summed E-state index contributed by atoms with van der Waals surface area (Å²) < 4.78 is 11.8. The molecule has 0 aromatic heterocycles. The molecular weight excluding hydrogens is 455 g/mol. The van der Waals surface area contributed by atoms with Gasteiger partial charge >= 0.3 is 0 Å². The monoisotopic (exact) mass is 480 g/mol. The van der Waals surface area contributed by atoms with Crippen molar-refractivity contribution in [2.75, 3.05) is 7.11 Å². The van der Waals surface area contributed by atoms with Gasteiger partial charge in [0.1, 0.15) is 11.5 Å². The van der Waals surface area contributed by atoms with Gasteiger partial charge in [-0.2, -0.15) is 5.10 Å². The summed E-state index contributed by atoms with van der Waals surface area (Å²) in [4.78, 5) is 0. The van der Waals surface area contributed by atoms with Crippen molar-refractivity contribution in [2.45, 2.75) is 44.9 Å². The summed E-state index contributed by atoms with van der Waals surface area (Å²) in [5.74, 6) is 1.50. The van der Waals surface area contributed by atoms with E-state index >= 15 is 0 Å². The van der Waals surface area contributed by atoms with Crippen LogP contribution in [0.1, 0.15) is 61.7 Å². The van der Waals surface area contributed by atoms with Gasteiger partial charge in [-0.3, -0.25) is 0 Å². The molecule has 0 spiro atoms. The zero-order chi connectivity index (χ0) is 23.3. The Labute approximate surface area is 204 Å². The molecule has 3 aromatic carbocycles. The number of hydrogen-bond acceptors (Lipinski definition) is 4. The second-order valence-corrected chi connectivity index (χ2v) is 10.4. The van der Waals surface area contributed by atoms with Crippen molar-refractivity contribution < 1.29 is 9.47 Å². The minimum atomic E-state index is -0.383. The summed E-state index contributed by atoms with van der Waals surface area (Å²) in [7, 11) is 1.67. The molecule has 0 aliphatic carbocycles. The van der Waals surface area contributed by atoms with E-state index in [0.29, 0.717) is 15.8 Å². The van der Waals surface area contributed by atoms with E-state index in [9.17, 15) is 0 Å². The highest BCUT2D eigenvalue weighted by Gasteiger charge is 2.42. The van der Waals surface area contributed by atoms with Crippen LogP contribution in [0, 0.1) is 0 Å². The maximum atomic E-state index is 6.58. The summed E-state index contributed by atoms with van der Waals surface area (Å²) in [6.07, 6.45) is 0.349. The van der Waals surface area contributed by atoms with Crippen molar-refractivity contribution >= 4 is 28.9 Å². The molecule has 2 aliphatic heterocycles. The molecule has 0 fully saturated rings. The molecule has 2 aliphatic rings. The van der Waals surface area contributed by atoms with E-state index in [1.54, 1.807) is 13.2 Å². The van der Waals surface area contributed by atoms with Gasteiger partial charge in [0.25, 0.3) is 0 Å². The Bertz CT molecular complexity index is 1210.